The van der Waals surface area contributed by atoms with E-state index in [-0.39, 0.29) is 11.8 Å². The van der Waals surface area contributed by atoms with Crippen molar-refractivity contribution in [2.24, 2.45) is 0 Å². The Balaban J connectivity index is 2.60. The molecule has 0 aromatic heterocycles. The molecule has 2 N–H and O–H groups in total. The lowest BCUT2D eigenvalue weighted by Crippen LogP contribution is -2.42. The molecule has 0 saturated heterocycles. The minimum absolute atomic E-state index is 0.107. The van der Waals surface area contributed by atoms with E-state index in [2.05, 4.69) is 58.8 Å². The third-order valence-electron chi connectivity index (χ3n) is 5.61. The molecule has 0 spiro atoms. The Hall–Kier alpha value is -0.126. The summed E-state index contributed by atoms with van der Waals surface area (Å²) < 4.78 is 17.5. The van der Waals surface area contributed by atoms with Gasteiger partial charge < -0.3 is 24.3 Å². The Morgan fingerprint density at radius 2 is 1.71 bits per heavy atom. The van der Waals surface area contributed by atoms with Gasteiger partial charge in [-0.05, 0) is 36.3 Å². The van der Waals surface area contributed by atoms with Crippen molar-refractivity contribution in [2.45, 2.75) is 70.7 Å². The van der Waals surface area contributed by atoms with E-state index in [0.717, 1.165) is 6.04 Å². The lowest BCUT2D eigenvalue weighted by atomic mass is 10.1. The van der Waals surface area contributed by atoms with Crippen molar-refractivity contribution >= 4 is 39.6 Å². The van der Waals surface area contributed by atoms with Gasteiger partial charge >= 0.3 is 0 Å². The van der Waals surface area contributed by atoms with Crippen LogP contribution in [0.2, 0.25) is 53.9 Å². The number of hydrogen-bond donors (Lipinski definition) is 2. The molecule has 0 radical (unpaired) electrons. The van der Waals surface area contributed by atoms with Crippen molar-refractivity contribution in [1.82, 2.24) is 5.32 Å². The minimum Gasteiger partial charge on any atom is -0.467 e. The minimum atomic E-state index is -1.78. The van der Waals surface area contributed by atoms with Crippen LogP contribution in [-0.2, 0) is 9.16 Å². The molecule has 1 aromatic rings. The van der Waals surface area contributed by atoms with E-state index in [1.807, 2.05) is 0 Å². The average molecular weight is 511 g/mol. The maximum absolute atomic E-state index is 10.8. The van der Waals surface area contributed by atoms with Crippen molar-refractivity contribution in [1.29, 1.82) is 0 Å². The Morgan fingerprint density at radius 3 is 2.29 bits per heavy atom. The Morgan fingerprint density at radius 1 is 1.06 bits per heavy atom. The number of aliphatic hydroxyl groups excluding tert-OH is 1. The monoisotopic (exact) mass is 509 g/mol. The maximum Gasteiger partial charge on any atom is 0.192 e. The molecule has 0 aliphatic heterocycles. The molecule has 0 aliphatic rings. The zero-order chi connectivity index (χ0) is 23.9. The second-order valence-corrected chi connectivity index (χ2v) is 21.8. The zero-order valence-electron chi connectivity index (χ0n) is 20.4. The highest BCUT2D eigenvalue weighted by Gasteiger charge is 2.36. The van der Waals surface area contributed by atoms with Crippen LogP contribution in [0.4, 0.5) is 0 Å². The summed E-state index contributed by atoms with van der Waals surface area (Å²) in [7, 11) is -2.93. The van der Waals surface area contributed by atoms with Gasteiger partial charge in [-0.1, -0.05) is 63.6 Å². The number of benzene rings is 1. The van der Waals surface area contributed by atoms with E-state index < -0.39 is 22.5 Å². The van der Waals surface area contributed by atoms with E-state index in [4.69, 9.17) is 37.1 Å². The summed E-state index contributed by atoms with van der Waals surface area (Å²) in [6, 6.07) is 4.45. The predicted octanol–water partition coefficient (Wildman–Crippen LogP) is 6.33. The number of aliphatic hydroxyl groups is 1. The van der Waals surface area contributed by atoms with Crippen LogP contribution in [0.25, 0.3) is 0 Å². The number of nitrogens with one attached hydrogen (secondary N) is 1. The number of rotatable bonds is 13. The first-order valence-electron chi connectivity index (χ1n) is 10.9. The SMILES string of the molecule is CC(C)(C)[Si](C)(C)OCCNCC(O)c1c(OCOCC[Si](C)(C)C)ccc(Cl)c1Cl. The molecule has 180 valence electrons. The van der Waals surface area contributed by atoms with E-state index in [1.54, 1.807) is 12.1 Å². The molecule has 1 unspecified atom stereocenters. The standard InChI is InChI=1S/C22H41Cl2NO4Si2/c1-22(2,3)31(7,8)29-12-11-25-15-18(26)20-19(10-9-17(23)21(20)24)28-16-27-13-14-30(4,5)6/h9-10,18,25-26H,11-16H2,1-8H3. The number of hydrogen-bond acceptors (Lipinski definition) is 5. The van der Waals surface area contributed by atoms with Crippen LogP contribution in [0, 0.1) is 0 Å². The van der Waals surface area contributed by atoms with Gasteiger partial charge in [0.1, 0.15) is 5.75 Å². The van der Waals surface area contributed by atoms with Gasteiger partial charge in [-0.2, -0.15) is 0 Å². The lowest BCUT2D eigenvalue weighted by molar-refractivity contribution is 0.0199. The third kappa shape index (κ3) is 10.1. The van der Waals surface area contributed by atoms with Gasteiger partial charge in [0, 0.05) is 39.9 Å². The Bertz CT molecular complexity index is 691. The molecule has 0 saturated carbocycles. The number of ether oxygens (including phenoxy) is 2. The molecule has 31 heavy (non-hydrogen) atoms. The summed E-state index contributed by atoms with van der Waals surface area (Å²) in [5, 5.41) is 14.8. The van der Waals surface area contributed by atoms with Crippen molar-refractivity contribution in [3.63, 3.8) is 0 Å². The molecular weight excluding hydrogens is 469 g/mol. The molecule has 0 bridgehead atoms. The summed E-state index contributed by atoms with van der Waals surface area (Å²) in [5.74, 6) is 0.481. The first kappa shape index (κ1) is 28.9. The molecular formula is C22H41Cl2NO4Si2. The molecule has 1 rings (SSSR count). The van der Waals surface area contributed by atoms with Gasteiger partial charge in [0.2, 0.25) is 0 Å². The van der Waals surface area contributed by atoms with Crippen molar-refractivity contribution in [3.05, 3.63) is 27.7 Å². The fraction of sp³-hybridized carbons (Fsp3) is 0.727. The van der Waals surface area contributed by atoms with Crippen LogP contribution in [-0.4, -0.2) is 54.6 Å². The van der Waals surface area contributed by atoms with Gasteiger partial charge in [-0.25, -0.2) is 0 Å². The zero-order valence-corrected chi connectivity index (χ0v) is 23.9. The van der Waals surface area contributed by atoms with Gasteiger partial charge in [0.15, 0.2) is 15.1 Å². The average Bonchev–Trinajstić information content (AvgIpc) is 2.62. The van der Waals surface area contributed by atoms with Gasteiger partial charge in [0.25, 0.3) is 0 Å². The van der Waals surface area contributed by atoms with Gasteiger partial charge in [0.05, 0.1) is 16.1 Å². The summed E-state index contributed by atoms with van der Waals surface area (Å²) in [6.45, 7) is 20.3. The van der Waals surface area contributed by atoms with Crippen molar-refractivity contribution in [3.8, 4) is 5.75 Å². The highest BCUT2D eigenvalue weighted by Crippen LogP contribution is 2.38. The second kappa shape index (κ2) is 12.4. The van der Waals surface area contributed by atoms with E-state index in [1.165, 1.54) is 0 Å². The molecule has 9 heteroatoms. The topological polar surface area (TPSA) is 60.0 Å². The summed E-state index contributed by atoms with van der Waals surface area (Å²) in [5.41, 5.74) is 0.473. The van der Waals surface area contributed by atoms with Crippen LogP contribution < -0.4 is 10.1 Å². The van der Waals surface area contributed by atoms with Crippen LogP contribution in [0.3, 0.4) is 0 Å². The van der Waals surface area contributed by atoms with Crippen LogP contribution >= 0.6 is 23.2 Å². The molecule has 1 aromatic carbocycles. The van der Waals surface area contributed by atoms with Crippen molar-refractivity contribution in [2.75, 3.05) is 33.1 Å². The second-order valence-electron chi connectivity index (χ2n) is 10.6. The highest BCUT2D eigenvalue weighted by atomic mass is 35.5. The van der Waals surface area contributed by atoms with Crippen molar-refractivity contribution < 1.29 is 19.0 Å². The predicted molar refractivity (Wildman–Crippen MR) is 137 cm³/mol. The highest BCUT2D eigenvalue weighted by molar-refractivity contribution is 6.76. The summed E-state index contributed by atoms with van der Waals surface area (Å²) in [6.07, 6.45) is -0.865. The lowest BCUT2D eigenvalue weighted by Gasteiger charge is -2.36. The van der Waals surface area contributed by atoms with E-state index in [0.29, 0.717) is 47.7 Å². The van der Waals surface area contributed by atoms with Gasteiger partial charge in [-0.3, -0.25) is 0 Å². The fourth-order valence-corrected chi connectivity index (χ4v) is 4.71. The molecule has 1 atom stereocenters. The van der Waals surface area contributed by atoms with Crippen LogP contribution in [0.1, 0.15) is 32.4 Å². The molecule has 0 aliphatic carbocycles. The van der Waals surface area contributed by atoms with E-state index in [9.17, 15) is 5.11 Å². The quantitative estimate of drug-likeness (QED) is 0.185. The third-order valence-corrected chi connectivity index (χ3v) is 12.7. The maximum atomic E-state index is 10.8. The largest absolute Gasteiger partial charge is 0.467 e. The normalized spacial score (nSPS) is 14.0. The first-order chi connectivity index (χ1) is 14.2. The first-order valence-corrected chi connectivity index (χ1v) is 18.2. The fourth-order valence-electron chi connectivity index (χ4n) is 2.46. The molecule has 0 amide bonds. The van der Waals surface area contributed by atoms with E-state index >= 15 is 0 Å². The van der Waals surface area contributed by atoms with Gasteiger partial charge in [-0.15, -0.1) is 0 Å². The smallest absolute Gasteiger partial charge is 0.192 e. The van der Waals surface area contributed by atoms with Crippen LogP contribution in [0.5, 0.6) is 5.75 Å². The molecule has 0 fully saturated rings. The Kier molecular flexibility index (Phi) is 11.5. The number of halogens is 2. The summed E-state index contributed by atoms with van der Waals surface area (Å²) >= 11 is 12.6. The Labute approximate surface area is 200 Å². The summed E-state index contributed by atoms with van der Waals surface area (Å²) in [4.78, 5) is 0. The van der Waals surface area contributed by atoms with Crippen LogP contribution in [0.15, 0.2) is 12.1 Å². The molecule has 0 heterocycles. The molecule has 5 nitrogen and oxygen atoms in total.